The molecule has 24 heavy (non-hydrogen) atoms. The molecule has 5 nitrogen and oxygen atoms in total. The zero-order valence-corrected chi connectivity index (χ0v) is 15.3. The predicted octanol–water partition coefficient (Wildman–Crippen LogP) is 3.98. The molecule has 0 atom stereocenters. The highest BCUT2D eigenvalue weighted by Gasteiger charge is 2.17. The molecule has 1 saturated carbocycles. The molecular weight excluding hydrogens is 349 g/mol. The summed E-state index contributed by atoms with van der Waals surface area (Å²) >= 11 is 12.0. The van der Waals surface area contributed by atoms with Crippen LogP contribution in [0.4, 0.5) is 10.5 Å². The summed E-state index contributed by atoms with van der Waals surface area (Å²) in [5, 5.41) is 6.70. The van der Waals surface area contributed by atoms with Crippen molar-refractivity contribution in [1.82, 2.24) is 10.6 Å². The van der Waals surface area contributed by atoms with E-state index in [0.717, 1.165) is 25.7 Å². The molecule has 7 heteroatoms. The third kappa shape index (κ3) is 5.56. The van der Waals surface area contributed by atoms with E-state index in [1.54, 1.807) is 18.2 Å². The number of hydrogen-bond acceptors (Lipinski definition) is 2. The van der Waals surface area contributed by atoms with E-state index in [1.807, 2.05) is 0 Å². The Labute approximate surface area is 152 Å². The highest BCUT2D eigenvalue weighted by molar-refractivity contribution is 6.36. The van der Waals surface area contributed by atoms with Crippen molar-refractivity contribution in [3.05, 3.63) is 28.2 Å². The van der Waals surface area contributed by atoms with Gasteiger partial charge in [0.25, 0.3) is 0 Å². The summed E-state index contributed by atoms with van der Waals surface area (Å²) in [4.78, 5) is 25.3. The molecule has 1 fully saturated rings. The molecular formula is C17H23Cl2N3O2. The summed E-state index contributed by atoms with van der Waals surface area (Å²) in [6.45, 7) is 2.15. The van der Waals surface area contributed by atoms with Crippen LogP contribution in [-0.2, 0) is 4.79 Å². The molecule has 3 amide bonds. The van der Waals surface area contributed by atoms with Crippen molar-refractivity contribution in [2.75, 3.05) is 18.0 Å². The van der Waals surface area contributed by atoms with Crippen LogP contribution in [0.25, 0.3) is 0 Å². The number of halogens is 2. The van der Waals surface area contributed by atoms with E-state index < -0.39 is 0 Å². The molecule has 1 aromatic rings. The van der Waals surface area contributed by atoms with Gasteiger partial charge in [0.1, 0.15) is 0 Å². The minimum Gasteiger partial charge on any atom is -0.336 e. The van der Waals surface area contributed by atoms with Gasteiger partial charge in [-0.15, -0.1) is 0 Å². The standard InChI is InChI=1S/C17H23Cl2N3O2/c1-12(23)22(16-8-7-13(18)11-15(16)19)10-9-20-17(24)21-14-5-3-2-4-6-14/h7-8,11,14H,2-6,9-10H2,1H3,(H2,20,21,24). The smallest absolute Gasteiger partial charge is 0.315 e. The van der Waals surface area contributed by atoms with Crippen LogP contribution < -0.4 is 15.5 Å². The van der Waals surface area contributed by atoms with Crippen LogP contribution in [0.15, 0.2) is 18.2 Å². The molecule has 0 bridgehead atoms. The zero-order chi connectivity index (χ0) is 17.5. The lowest BCUT2D eigenvalue weighted by Crippen LogP contribution is -2.45. The monoisotopic (exact) mass is 371 g/mol. The largest absolute Gasteiger partial charge is 0.336 e. The van der Waals surface area contributed by atoms with Gasteiger partial charge in [0.2, 0.25) is 5.91 Å². The quantitative estimate of drug-likeness (QED) is 0.821. The Morgan fingerprint density at radius 2 is 1.92 bits per heavy atom. The Kier molecular flexibility index (Phi) is 7.18. The SMILES string of the molecule is CC(=O)N(CCNC(=O)NC1CCCCC1)c1ccc(Cl)cc1Cl. The van der Waals surface area contributed by atoms with Crippen molar-refractivity contribution in [3.63, 3.8) is 0 Å². The highest BCUT2D eigenvalue weighted by Crippen LogP contribution is 2.28. The van der Waals surface area contributed by atoms with E-state index >= 15 is 0 Å². The molecule has 0 unspecified atom stereocenters. The molecule has 0 aliphatic heterocycles. The predicted molar refractivity (Wildman–Crippen MR) is 97.9 cm³/mol. The molecule has 1 aliphatic rings. The summed E-state index contributed by atoms with van der Waals surface area (Å²) in [5.41, 5.74) is 0.586. The van der Waals surface area contributed by atoms with Crippen molar-refractivity contribution < 1.29 is 9.59 Å². The molecule has 0 heterocycles. The van der Waals surface area contributed by atoms with Gasteiger partial charge in [-0.1, -0.05) is 42.5 Å². The molecule has 2 rings (SSSR count). The van der Waals surface area contributed by atoms with Crippen LogP contribution >= 0.6 is 23.2 Å². The summed E-state index contributed by atoms with van der Waals surface area (Å²) in [5.74, 6) is -0.145. The minimum atomic E-state index is -0.187. The number of carbonyl (C=O) groups excluding carboxylic acids is 2. The summed E-state index contributed by atoms with van der Waals surface area (Å²) in [7, 11) is 0. The number of urea groups is 1. The van der Waals surface area contributed by atoms with Gasteiger partial charge >= 0.3 is 6.03 Å². The fourth-order valence-electron chi connectivity index (χ4n) is 2.91. The number of nitrogens with zero attached hydrogens (tertiary/aromatic N) is 1. The Morgan fingerprint density at radius 3 is 2.54 bits per heavy atom. The molecule has 0 aromatic heterocycles. The third-order valence-electron chi connectivity index (χ3n) is 4.14. The summed E-state index contributed by atoms with van der Waals surface area (Å²) in [6.07, 6.45) is 5.65. The fourth-order valence-corrected chi connectivity index (χ4v) is 3.42. The van der Waals surface area contributed by atoms with Crippen molar-refractivity contribution in [2.24, 2.45) is 0 Å². The van der Waals surface area contributed by atoms with Gasteiger partial charge in [0, 0.05) is 31.1 Å². The first kappa shape index (κ1) is 18.9. The van der Waals surface area contributed by atoms with Crippen molar-refractivity contribution >= 4 is 40.8 Å². The number of hydrogen-bond donors (Lipinski definition) is 2. The lowest BCUT2D eigenvalue weighted by Gasteiger charge is -2.24. The Bertz CT molecular complexity index is 589. The normalized spacial score (nSPS) is 15.0. The number of rotatable bonds is 5. The van der Waals surface area contributed by atoms with Crippen LogP contribution in [0.2, 0.25) is 10.0 Å². The van der Waals surface area contributed by atoms with E-state index in [1.165, 1.54) is 18.2 Å². The second kappa shape index (κ2) is 9.14. The number of amides is 3. The van der Waals surface area contributed by atoms with E-state index in [-0.39, 0.29) is 18.0 Å². The molecule has 132 valence electrons. The van der Waals surface area contributed by atoms with Crippen LogP contribution in [-0.4, -0.2) is 31.1 Å². The number of nitrogens with one attached hydrogen (secondary N) is 2. The van der Waals surface area contributed by atoms with Crippen LogP contribution in [0, 0.1) is 0 Å². The summed E-state index contributed by atoms with van der Waals surface area (Å²) < 4.78 is 0. The molecule has 1 aliphatic carbocycles. The van der Waals surface area contributed by atoms with E-state index in [9.17, 15) is 9.59 Å². The second-order valence-electron chi connectivity index (χ2n) is 6.00. The topological polar surface area (TPSA) is 61.4 Å². The maximum absolute atomic E-state index is 11.9. The van der Waals surface area contributed by atoms with E-state index in [0.29, 0.717) is 28.8 Å². The molecule has 0 spiro atoms. The molecule has 2 N–H and O–H groups in total. The van der Waals surface area contributed by atoms with Crippen LogP contribution in [0.1, 0.15) is 39.0 Å². The fraction of sp³-hybridized carbons (Fsp3) is 0.529. The second-order valence-corrected chi connectivity index (χ2v) is 6.85. The number of carbonyl (C=O) groups is 2. The van der Waals surface area contributed by atoms with E-state index in [2.05, 4.69) is 10.6 Å². The molecule has 1 aromatic carbocycles. The van der Waals surface area contributed by atoms with E-state index in [4.69, 9.17) is 23.2 Å². The zero-order valence-electron chi connectivity index (χ0n) is 13.8. The average Bonchev–Trinajstić information content (AvgIpc) is 2.53. The maximum atomic E-state index is 11.9. The lowest BCUT2D eigenvalue weighted by molar-refractivity contribution is -0.116. The van der Waals surface area contributed by atoms with Gasteiger partial charge in [-0.25, -0.2) is 4.79 Å². The average molecular weight is 372 g/mol. The van der Waals surface area contributed by atoms with Gasteiger partial charge < -0.3 is 15.5 Å². The first-order valence-corrected chi connectivity index (χ1v) is 9.00. The number of benzene rings is 1. The Balaban J connectivity index is 1.85. The van der Waals surface area contributed by atoms with Crippen LogP contribution in [0.5, 0.6) is 0 Å². The lowest BCUT2D eigenvalue weighted by atomic mass is 9.96. The first-order valence-electron chi connectivity index (χ1n) is 8.25. The van der Waals surface area contributed by atoms with Gasteiger partial charge in [0.15, 0.2) is 0 Å². The summed E-state index contributed by atoms with van der Waals surface area (Å²) in [6, 6.07) is 5.05. The van der Waals surface area contributed by atoms with Crippen molar-refractivity contribution in [3.8, 4) is 0 Å². The highest BCUT2D eigenvalue weighted by atomic mass is 35.5. The Hall–Kier alpha value is -1.46. The molecule has 0 saturated heterocycles. The first-order chi connectivity index (χ1) is 11.5. The van der Waals surface area contributed by atoms with Crippen molar-refractivity contribution in [1.29, 1.82) is 0 Å². The molecule has 0 radical (unpaired) electrons. The van der Waals surface area contributed by atoms with Gasteiger partial charge in [-0.05, 0) is 31.0 Å². The van der Waals surface area contributed by atoms with Crippen molar-refractivity contribution in [2.45, 2.75) is 45.1 Å². The van der Waals surface area contributed by atoms with Gasteiger partial charge in [-0.3, -0.25) is 4.79 Å². The maximum Gasteiger partial charge on any atom is 0.315 e. The Morgan fingerprint density at radius 1 is 1.21 bits per heavy atom. The minimum absolute atomic E-state index is 0.145. The third-order valence-corrected chi connectivity index (χ3v) is 4.68. The number of anilines is 1. The van der Waals surface area contributed by atoms with Crippen LogP contribution in [0.3, 0.4) is 0 Å². The van der Waals surface area contributed by atoms with Gasteiger partial charge in [0.05, 0.1) is 10.7 Å². The van der Waals surface area contributed by atoms with Gasteiger partial charge in [-0.2, -0.15) is 0 Å².